The molecule has 2 N–H and O–H groups in total. The molecule has 6 nitrogen and oxygen atoms in total. The Kier molecular flexibility index (Phi) is 5.51. The minimum Gasteiger partial charge on any atom is -0.463 e. The molecule has 1 amide bonds. The van der Waals surface area contributed by atoms with Gasteiger partial charge >= 0.3 is 0 Å². The van der Waals surface area contributed by atoms with E-state index in [2.05, 4.69) is 10.2 Å². The summed E-state index contributed by atoms with van der Waals surface area (Å²) in [6, 6.07) is 11.8. The predicted molar refractivity (Wildman–Crippen MR) is 92.3 cm³/mol. The predicted octanol–water partition coefficient (Wildman–Crippen LogP) is 0.770. The van der Waals surface area contributed by atoms with Gasteiger partial charge in [0.05, 0.1) is 26.5 Å². The number of likely N-dealkylation sites (N-methyl/N-ethyl adjacent to an activating group) is 1. The molecule has 0 radical (unpaired) electrons. The second kappa shape index (κ2) is 7.99. The molecule has 1 aromatic heterocycles. The number of furan rings is 1. The average Bonchev–Trinajstić information content (AvgIpc) is 3.09. The summed E-state index contributed by atoms with van der Waals surface area (Å²) in [5.41, 5.74) is 1.99. The molecule has 1 atom stereocenters. The molecule has 2 aromatic rings. The van der Waals surface area contributed by atoms with E-state index in [1.165, 1.54) is 0 Å². The summed E-state index contributed by atoms with van der Waals surface area (Å²) in [7, 11) is 1.98. The zero-order valence-corrected chi connectivity index (χ0v) is 14.0. The van der Waals surface area contributed by atoms with Gasteiger partial charge in [-0.15, -0.1) is 0 Å². The van der Waals surface area contributed by atoms with E-state index in [1.54, 1.807) is 6.26 Å². The van der Waals surface area contributed by atoms with Gasteiger partial charge in [0.2, 0.25) is 0 Å². The number of hydrogen-bond donors (Lipinski definition) is 2. The number of morpholine rings is 1. The van der Waals surface area contributed by atoms with Gasteiger partial charge in [-0.1, -0.05) is 0 Å². The second-order valence-electron chi connectivity index (χ2n) is 6.08. The van der Waals surface area contributed by atoms with Crippen molar-refractivity contribution < 1.29 is 18.8 Å². The maximum Gasteiger partial charge on any atom is 0.279 e. The minimum absolute atomic E-state index is 0.00169. The molecule has 0 saturated carbocycles. The Hall–Kier alpha value is -2.31. The van der Waals surface area contributed by atoms with Crippen molar-refractivity contribution in [2.45, 2.75) is 6.54 Å². The molecule has 1 aromatic carbocycles. The highest BCUT2D eigenvalue weighted by atomic mass is 16.5. The summed E-state index contributed by atoms with van der Waals surface area (Å²) in [5, 5.41) is 2.95. The van der Waals surface area contributed by atoms with E-state index in [4.69, 9.17) is 9.15 Å². The molecule has 1 aliphatic heterocycles. The fourth-order valence-electron chi connectivity index (χ4n) is 2.83. The normalized spacial score (nSPS) is 16.0. The Balaban J connectivity index is 1.48. The summed E-state index contributed by atoms with van der Waals surface area (Å²) in [5.74, 6) is 0.883. The number of anilines is 2. The Morgan fingerprint density at radius 3 is 2.62 bits per heavy atom. The molecule has 0 aliphatic carbocycles. The largest absolute Gasteiger partial charge is 0.463 e. The number of nitrogens with zero attached hydrogens (tertiary/aromatic N) is 1. The van der Waals surface area contributed by atoms with Crippen LogP contribution < -0.4 is 15.1 Å². The molecule has 1 unspecified atom stereocenters. The van der Waals surface area contributed by atoms with Crippen molar-refractivity contribution in [2.75, 3.05) is 50.1 Å². The third kappa shape index (κ3) is 4.59. The molecule has 0 bridgehead atoms. The van der Waals surface area contributed by atoms with Crippen LogP contribution in [0.1, 0.15) is 5.76 Å². The highest BCUT2D eigenvalue weighted by molar-refractivity contribution is 5.91. The lowest BCUT2D eigenvalue weighted by Gasteiger charge is -2.28. The molecular weight excluding hydrogens is 306 g/mol. The second-order valence-corrected chi connectivity index (χ2v) is 6.08. The first kappa shape index (κ1) is 16.5. The number of ether oxygens (including phenoxy) is 1. The summed E-state index contributed by atoms with van der Waals surface area (Å²) in [6.07, 6.45) is 1.65. The number of benzene rings is 1. The van der Waals surface area contributed by atoms with Crippen LogP contribution in [0.3, 0.4) is 0 Å². The van der Waals surface area contributed by atoms with E-state index in [1.807, 2.05) is 43.4 Å². The number of hydrogen-bond acceptors (Lipinski definition) is 4. The first-order valence-electron chi connectivity index (χ1n) is 8.27. The highest BCUT2D eigenvalue weighted by Gasteiger charge is 2.13. The number of amides is 1. The van der Waals surface area contributed by atoms with Crippen LogP contribution in [0.4, 0.5) is 11.4 Å². The fraction of sp³-hybridized carbons (Fsp3) is 0.389. The number of nitrogens with one attached hydrogen (secondary N) is 2. The van der Waals surface area contributed by atoms with Crippen LogP contribution in [0, 0.1) is 0 Å². The van der Waals surface area contributed by atoms with Gasteiger partial charge in [0, 0.05) is 24.5 Å². The van der Waals surface area contributed by atoms with Crippen LogP contribution in [0.25, 0.3) is 0 Å². The van der Waals surface area contributed by atoms with E-state index in [0.29, 0.717) is 13.1 Å². The smallest absolute Gasteiger partial charge is 0.279 e. The topological polar surface area (TPSA) is 59.2 Å². The average molecular weight is 330 g/mol. The van der Waals surface area contributed by atoms with Gasteiger partial charge in [0.1, 0.15) is 6.54 Å². The van der Waals surface area contributed by atoms with Gasteiger partial charge in [0.25, 0.3) is 5.91 Å². The van der Waals surface area contributed by atoms with E-state index < -0.39 is 0 Å². The van der Waals surface area contributed by atoms with Gasteiger partial charge in [-0.2, -0.15) is 0 Å². The molecular formula is C18H24N3O3+. The summed E-state index contributed by atoms with van der Waals surface area (Å²) in [4.78, 5) is 15.5. The van der Waals surface area contributed by atoms with Gasteiger partial charge in [-0.3, -0.25) is 4.79 Å². The first-order chi connectivity index (χ1) is 11.7. The minimum atomic E-state index is -0.00169. The van der Waals surface area contributed by atoms with Crippen LogP contribution in [-0.4, -0.2) is 45.8 Å². The van der Waals surface area contributed by atoms with Crippen LogP contribution in [0.2, 0.25) is 0 Å². The Morgan fingerprint density at radius 1 is 1.21 bits per heavy atom. The van der Waals surface area contributed by atoms with Crippen LogP contribution >= 0.6 is 0 Å². The molecule has 3 rings (SSSR count). The van der Waals surface area contributed by atoms with Crippen molar-refractivity contribution in [1.82, 2.24) is 0 Å². The van der Waals surface area contributed by atoms with E-state index >= 15 is 0 Å². The molecule has 1 saturated heterocycles. The third-order valence-electron chi connectivity index (χ3n) is 4.05. The molecule has 24 heavy (non-hydrogen) atoms. The van der Waals surface area contributed by atoms with Crippen molar-refractivity contribution in [3.8, 4) is 0 Å². The van der Waals surface area contributed by atoms with Gasteiger partial charge in [0.15, 0.2) is 12.3 Å². The van der Waals surface area contributed by atoms with Crippen molar-refractivity contribution in [1.29, 1.82) is 0 Å². The Labute approximate surface area is 142 Å². The number of rotatable bonds is 6. The zero-order valence-electron chi connectivity index (χ0n) is 14.0. The van der Waals surface area contributed by atoms with Gasteiger partial charge in [-0.25, -0.2) is 0 Å². The van der Waals surface area contributed by atoms with E-state index in [-0.39, 0.29) is 5.91 Å². The summed E-state index contributed by atoms with van der Waals surface area (Å²) >= 11 is 0. The Morgan fingerprint density at radius 2 is 1.96 bits per heavy atom. The van der Waals surface area contributed by atoms with Crippen molar-refractivity contribution in [2.24, 2.45) is 0 Å². The van der Waals surface area contributed by atoms with E-state index in [0.717, 1.165) is 48.3 Å². The summed E-state index contributed by atoms with van der Waals surface area (Å²) < 4.78 is 10.7. The van der Waals surface area contributed by atoms with Crippen molar-refractivity contribution in [3.05, 3.63) is 48.4 Å². The van der Waals surface area contributed by atoms with E-state index in [9.17, 15) is 4.79 Å². The lowest BCUT2D eigenvalue weighted by atomic mass is 10.2. The molecule has 128 valence electrons. The van der Waals surface area contributed by atoms with Crippen LogP contribution in [-0.2, 0) is 16.1 Å². The number of carbonyl (C=O) groups excluding carboxylic acids is 1. The molecule has 1 aliphatic rings. The van der Waals surface area contributed by atoms with Gasteiger partial charge < -0.3 is 24.3 Å². The fourth-order valence-corrected chi connectivity index (χ4v) is 2.83. The zero-order chi connectivity index (χ0) is 16.8. The molecule has 6 heteroatoms. The summed E-state index contributed by atoms with van der Waals surface area (Å²) in [6.45, 7) is 4.44. The first-order valence-corrected chi connectivity index (χ1v) is 8.27. The number of carbonyl (C=O) groups is 1. The lowest BCUT2D eigenvalue weighted by Crippen LogP contribution is -3.08. The third-order valence-corrected chi connectivity index (χ3v) is 4.05. The SMILES string of the molecule is C[NH+](CC(=O)Nc1ccc(N2CCOCC2)cc1)Cc1ccco1. The molecule has 2 heterocycles. The van der Waals surface area contributed by atoms with Crippen molar-refractivity contribution >= 4 is 17.3 Å². The monoisotopic (exact) mass is 330 g/mol. The highest BCUT2D eigenvalue weighted by Crippen LogP contribution is 2.18. The van der Waals surface area contributed by atoms with Gasteiger partial charge in [-0.05, 0) is 36.4 Å². The molecule has 0 spiro atoms. The standard InChI is InChI=1S/C18H23N3O3/c1-20(13-17-3-2-10-24-17)14-18(22)19-15-4-6-16(7-5-15)21-8-11-23-12-9-21/h2-7,10H,8-9,11-14H2,1H3,(H,19,22)/p+1. The maximum absolute atomic E-state index is 12.1. The maximum atomic E-state index is 12.1. The quantitative estimate of drug-likeness (QED) is 0.821. The Bertz CT molecular complexity index is 634. The van der Waals surface area contributed by atoms with Crippen LogP contribution in [0.5, 0.6) is 0 Å². The molecule has 1 fully saturated rings. The van der Waals surface area contributed by atoms with Crippen LogP contribution in [0.15, 0.2) is 47.1 Å². The lowest BCUT2D eigenvalue weighted by molar-refractivity contribution is -0.886. The van der Waals surface area contributed by atoms with Crippen molar-refractivity contribution in [3.63, 3.8) is 0 Å². The number of quaternary nitrogens is 1.